The summed E-state index contributed by atoms with van der Waals surface area (Å²) >= 11 is 0. The first kappa shape index (κ1) is 15.5. The van der Waals surface area contributed by atoms with Crippen LogP contribution in [0, 0.1) is 25.2 Å². The van der Waals surface area contributed by atoms with Crippen LogP contribution in [0.15, 0.2) is 42.1 Å². The summed E-state index contributed by atoms with van der Waals surface area (Å²) < 4.78 is 2.32. The molecule has 4 rings (SSSR count). The fraction of sp³-hybridized carbons (Fsp3) is 0.238. The van der Waals surface area contributed by atoms with Gasteiger partial charge in [0.05, 0.1) is 0 Å². The van der Waals surface area contributed by atoms with Gasteiger partial charge in [0.2, 0.25) is 5.78 Å². The highest BCUT2D eigenvalue weighted by atomic mass is 16.1. The Balaban J connectivity index is 1.75. The van der Waals surface area contributed by atoms with Crippen molar-refractivity contribution in [3.8, 4) is 6.07 Å². The maximum atomic E-state index is 12.9. The van der Waals surface area contributed by atoms with Crippen LogP contribution in [0.25, 0.3) is 17.0 Å². The summed E-state index contributed by atoms with van der Waals surface area (Å²) in [5, 5.41) is 10.4. The zero-order chi connectivity index (χ0) is 17.6. The van der Waals surface area contributed by atoms with Gasteiger partial charge in [-0.05, 0) is 50.5 Å². The van der Waals surface area contributed by atoms with Gasteiger partial charge in [0.1, 0.15) is 11.6 Å². The molecule has 1 saturated carbocycles. The number of benzene rings is 1. The second-order valence-electron chi connectivity index (χ2n) is 6.67. The smallest absolute Gasteiger partial charge is 0.205 e. The molecule has 25 heavy (non-hydrogen) atoms. The second-order valence-corrected chi connectivity index (χ2v) is 6.67. The highest BCUT2D eigenvalue weighted by molar-refractivity contribution is 6.19. The van der Waals surface area contributed by atoms with Crippen LogP contribution in [-0.4, -0.2) is 15.3 Å². The van der Waals surface area contributed by atoms with Gasteiger partial charge >= 0.3 is 0 Å². The van der Waals surface area contributed by atoms with Crippen LogP contribution in [0.3, 0.4) is 0 Å². The van der Waals surface area contributed by atoms with E-state index in [1.165, 1.54) is 18.5 Å². The van der Waals surface area contributed by atoms with Gasteiger partial charge in [0.15, 0.2) is 0 Å². The number of para-hydroxylation sites is 1. The van der Waals surface area contributed by atoms with Gasteiger partial charge in [-0.15, -0.1) is 0 Å². The van der Waals surface area contributed by atoms with Crippen molar-refractivity contribution in [1.82, 2.24) is 9.55 Å². The Morgan fingerprint density at radius 2 is 2.08 bits per heavy atom. The molecule has 1 fully saturated rings. The summed E-state index contributed by atoms with van der Waals surface area (Å²) in [7, 11) is 0. The van der Waals surface area contributed by atoms with Crippen LogP contribution < -0.4 is 0 Å². The predicted molar refractivity (Wildman–Crippen MR) is 98.4 cm³/mol. The largest absolute Gasteiger partial charge is 0.360 e. The molecule has 0 spiro atoms. The van der Waals surface area contributed by atoms with Crippen molar-refractivity contribution >= 4 is 22.8 Å². The number of ketones is 1. The number of aromatic nitrogens is 2. The second kappa shape index (κ2) is 5.78. The zero-order valence-corrected chi connectivity index (χ0v) is 14.3. The van der Waals surface area contributed by atoms with Crippen molar-refractivity contribution in [3.05, 3.63) is 64.6 Å². The van der Waals surface area contributed by atoms with E-state index in [1.807, 2.05) is 24.3 Å². The standard InChI is InChI=1S/C21H19N3O/c1-13-9-15(14(2)24(13)17-7-8-17)10-16(11-22)21(25)19-12-23-20-6-4-3-5-18(19)20/h3-6,9-10,12,17,23H,7-8H2,1-2H3. The molecule has 0 saturated heterocycles. The lowest BCUT2D eigenvalue weighted by Gasteiger charge is -2.06. The first-order valence-electron chi connectivity index (χ1n) is 8.51. The van der Waals surface area contributed by atoms with Gasteiger partial charge in [-0.25, -0.2) is 0 Å². The van der Waals surface area contributed by atoms with E-state index in [9.17, 15) is 10.1 Å². The number of aromatic amines is 1. The van der Waals surface area contributed by atoms with E-state index in [0.29, 0.717) is 11.6 Å². The average Bonchev–Trinajstić information content (AvgIpc) is 3.28. The van der Waals surface area contributed by atoms with Crippen molar-refractivity contribution < 1.29 is 4.79 Å². The number of Topliss-reactive ketones (excluding diaryl/α,β-unsaturated/α-hetero) is 1. The molecule has 0 aliphatic heterocycles. The number of fused-ring (bicyclic) bond motifs is 1. The minimum Gasteiger partial charge on any atom is -0.360 e. The molecule has 0 bridgehead atoms. The molecule has 3 aromatic rings. The molecule has 0 atom stereocenters. The first-order chi connectivity index (χ1) is 12.1. The van der Waals surface area contributed by atoms with Crippen LogP contribution in [0.5, 0.6) is 0 Å². The van der Waals surface area contributed by atoms with Crippen molar-refractivity contribution in [3.63, 3.8) is 0 Å². The molecule has 1 aliphatic rings. The molecule has 2 aromatic heterocycles. The van der Waals surface area contributed by atoms with Gasteiger partial charge in [0, 0.05) is 40.1 Å². The number of aryl methyl sites for hydroxylation is 1. The Hall–Kier alpha value is -3.06. The lowest BCUT2D eigenvalue weighted by atomic mass is 10.0. The van der Waals surface area contributed by atoms with E-state index in [0.717, 1.165) is 22.2 Å². The number of rotatable bonds is 4. The van der Waals surface area contributed by atoms with Gasteiger partial charge in [-0.3, -0.25) is 4.79 Å². The van der Waals surface area contributed by atoms with E-state index < -0.39 is 0 Å². The maximum absolute atomic E-state index is 12.9. The molecule has 1 aliphatic carbocycles. The Kier molecular flexibility index (Phi) is 3.58. The molecule has 0 unspecified atom stereocenters. The van der Waals surface area contributed by atoms with Gasteiger partial charge in [-0.1, -0.05) is 18.2 Å². The highest BCUT2D eigenvalue weighted by Crippen LogP contribution is 2.38. The number of hydrogen-bond donors (Lipinski definition) is 1. The van der Waals surface area contributed by atoms with Crippen molar-refractivity contribution in [2.75, 3.05) is 0 Å². The molecule has 0 radical (unpaired) electrons. The van der Waals surface area contributed by atoms with Crippen LogP contribution in [0.1, 0.15) is 46.2 Å². The molecule has 124 valence electrons. The summed E-state index contributed by atoms with van der Waals surface area (Å²) in [5.41, 5.74) is 4.87. The van der Waals surface area contributed by atoms with Crippen molar-refractivity contribution in [1.29, 1.82) is 5.26 Å². The number of allylic oxidation sites excluding steroid dienone is 1. The average molecular weight is 329 g/mol. The predicted octanol–water partition coefficient (Wildman–Crippen LogP) is 4.71. The molecule has 0 amide bonds. The normalized spacial score (nSPS) is 14.7. The van der Waals surface area contributed by atoms with Crippen LogP contribution in [0.2, 0.25) is 0 Å². The number of carbonyl (C=O) groups excluding carboxylic acids is 1. The summed E-state index contributed by atoms with van der Waals surface area (Å²) in [6, 6.07) is 12.4. The van der Waals surface area contributed by atoms with Gasteiger partial charge in [-0.2, -0.15) is 5.26 Å². The monoisotopic (exact) mass is 329 g/mol. The van der Waals surface area contributed by atoms with Crippen LogP contribution >= 0.6 is 0 Å². The Labute approximate surface area is 146 Å². The number of hydrogen-bond acceptors (Lipinski definition) is 2. The molecular weight excluding hydrogens is 310 g/mol. The number of H-pyrrole nitrogens is 1. The summed E-state index contributed by atoms with van der Waals surface area (Å²) in [6.07, 6.45) is 5.83. The molecule has 4 heteroatoms. The fourth-order valence-electron chi connectivity index (χ4n) is 3.55. The Morgan fingerprint density at radius 1 is 1.32 bits per heavy atom. The summed E-state index contributed by atoms with van der Waals surface area (Å²) in [5.74, 6) is -0.240. The third-order valence-electron chi connectivity index (χ3n) is 4.93. The lowest BCUT2D eigenvalue weighted by molar-refractivity contribution is 0.104. The number of nitrogens with zero attached hydrogens (tertiary/aromatic N) is 2. The summed E-state index contributed by atoms with van der Waals surface area (Å²) in [6.45, 7) is 4.14. The SMILES string of the molecule is Cc1cc(C=C(C#N)C(=O)c2c[nH]c3ccccc23)c(C)n1C1CC1. The lowest BCUT2D eigenvalue weighted by Crippen LogP contribution is -2.02. The maximum Gasteiger partial charge on any atom is 0.205 e. The highest BCUT2D eigenvalue weighted by Gasteiger charge is 2.27. The minimum atomic E-state index is -0.240. The Bertz CT molecular complexity index is 1050. The minimum absolute atomic E-state index is 0.167. The van der Waals surface area contributed by atoms with E-state index in [2.05, 4.69) is 35.5 Å². The number of nitrogens with one attached hydrogen (secondary N) is 1. The van der Waals surface area contributed by atoms with Crippen molar-refractivity contribution in [2.24, 2.45) is 0 Å². The van der Waals surface area contributed by atoms with Gasteiger partial charge in [0.25, 0.3) is 0 Å². The quantitative estimate of drug-likeness (QED) is 0.428. The first-order valence-corrected chi connectivity index (χ1v) is 8.51. The Morgan fingerprint density at radius 3 is 2.80 bits per heavy atom. The third kappa shape index (κ3) is 2.58. The van der Waals surface area contributed by atoms with Crippen molar-refractivity contribution in [2.45, 2.75) is 32.7 Å². The fourth-order valence-corrected chi connectivity index (χ4v) is 3.55. The molecule has 1 aromatic carbocycles. The molecule has 2 heterocycles. The number of carbonyl (C=O) groups is 1. The molecule has 4 nitrogen and oxygen atoms in total. The molecule has 1 N–H and O–H groups in total. The van der Waals surface area contributed by atoms with E-state index in [4.69, 9.17) is 0 Å². The molecular formula is C21H19N3O. The van der Waals surface area contributed by atoms with Crippen LogP contribution in [0.4, 0.5) is 0 Å². The van der Waals surface area contributed by atoms with E-state index >= 15 is 0 Å². The van der Waals surface area contributed by atoms with Gasteiger partial charge < -0.3 is 9.55 Å². The zero-order valence-electron chi connectivity index (χ0n) is 14.3. The van der Waals surface area contributed by atoms with Crippen LogP contribution in [-0.2, 0) is 0 Å². The van der Waals surface area contributed by atoms with E-state index in [1.54, 1.807) is 12.3 Å². The topological polar surface area (TPSA) is 61.6 Å². The number of nitriles is 1. The third-order valence-corrected chi connectivity index (χ3v) is 4.93. The summed E-state index contributed by atoms with van der Waals surface area (Å²) in [4.78, 5) is 16.0. The van der Waals surface area contributed by atoms with E-state index in [-0.39, 0.29) is 11.4 Å².